The third-order valence-corrected chi connectivity index (χ3v) is 4.96. The second kappa shape index (κ2) is 10.6. The molecule has 0 bridgehead atoms. The van der Waals surface area contributed by atoms with Crippen molar-refractivity contribution in [2.45, 2.75) is 50.7 Å². The van der Waals surface area contributed by atoms with Gasteiger partial charge in [-0.2, -0.15) is 0 Å². The third kappa shape index (κ3) is 6.16. The average Bonchev–Trinajstić information content (AvgIpc) is 3.16. The normalized spacial score (nSPS) is 23.7. The molecule has 0 aromatic rings. The molecule has 2 aliphatic rings. The fourth-order valence-corrected chi connectivity index (χ4v) is 3.38. The van der Waals surface area contributed by atoms with E-state index >= 15 is 0 Å². The third-order valence-electron chi connectivity index (χ3n) is 4.96. The van der Waals surface area contributed by atoms with Crippen LogP contribution in [0.25, 0.3) is 0 Å². The predicted molar refractivity (Wildman–Crippen MR) is 102 cm³/mol. The fourth-order valence-electron chi connectivity index (χ4n) is 3.38. The lowest BCUT2D eigenvalue weighted by atomic mass is 10.1. The zero-order chi connectivity index (χ0) is 22.3. The van der Waals surface area contributed by atoms with Gasteiger partial charge < -0.3 is 30.9 Å². The summed E-state index contributed by atoms with van der Waals surface area (Å²) < 4.78 is 4.72. The molecule has 0 saturated carbocycles. The Balaban J connectivity index is 1.88. The van der Waals surface area contributed by atoms with Crippen LogP contribution in [-0.2, 0) is 33.5 Å². The lowest BCUT2D eigenvalue weighted by molar-refractivity contribution is -0.151. The Morgan fingerprint density at radius 2 is 1.93 bits per heavy atom. The minimum atomic E-state index is -1.00. The highest BCUT2D eigenvalue weighted by molar-refractivity contribution is 5.95. The highest BCUT2D eigenvalue weighted by Crippen LogP contribution is 2.20. The number of nitrogens with one attached hydrogen (secondary N) is 4. The van der Waals surface area contributed by atoms with Crippen molar-refractivity contribution in [1.29, 1.82) is 0 Å². The highest BCUT2D eigenvalue weighted by Gasteiger charge is 2.36. The molecular weight excluding hydrogens is 398 g/mol. The van der Waals surface area contributed by atoms with Crippen LogP contribution in [-0.4, -0.2) is 85.3 Å². The van der Waals surface area contributed by atoms with Gasteiger partial charge in [0.1, 0.15) is 18.1 Å². The van der Waals surface area contributed by atoms with E-state index in [0.29, 0.717) is 19.4 Å². The van der Waals surface area contributed by atoms with Crippen LogP contribution in [0.4, 0.5) is 0 Å². The van der Waals surface area contributed by atoms with E-state index in [-0.39, 0.29) is 37.7 Å². The number of hydrogen-bond donors (Lipinski definition) is 4. The van der Waals surface area contributed by atoms with Gasteiger partial charge in [0, 0.05) is 26.4 Å². The van der Waals surface area contributed by atoms with E-state index in [2.05, 4.69) is 21.3 Å². The zero-order valence-electron chi connectivity index (χ0n) is 17.0. The van der Waals surface area contributed by atoms with Crippen molar-refractivity contribution in [2.75, 3.05) is 26.7 Å². The number of carbonyl (C=O) groups excluding carboxylic acids is 6. The first-order valence-corrected chi connectivity index (χ1v) is 9.72. The first-order valence-electron chi connectivity index (χ1n) is 9.72. The first-order chi connectivity index (χ1) is 14.2. The molecule has 0 aliphatic carbocycles. The SMILES string of the molecule is COC(=O)[C@@H]1CCCN1C(=O)CC[C@@H]1NC(=O)[C@@H](NC(=O)CNC(C)=O)CNC1=O. The van der Waals surface area contributed by atoms with Crippen molar-refractivity contribution < 1.29 is 33.5 Å². The highest BCUT2D eigenvalue weighted by atomic mass is 16.5. The molecule has 4 N–H and O–H groups in total. The van der Waals surface area contributed by atoms with Gasteiger partial charge in [0.15, 0.2) is 0 Å². The molecule has 5 amide bonds. The van der Waals surface area contributed by atoms with Crippen LogP contribution in [0.3, 0.4) is 0 Å². The number of rotatable bonds is 7. The van der Waals surface area contributed by atoms with Gasteiger partial charge in [-0.25, -0.2) is 4.79 Å². The van der Waals surface area contributed by atoms with E-state index in [1.54, 1.807) is 0 Å². The minimum Gasteiger partial charge on any atom is -0.467 e. The van der Waals surface area contributed by atoms with Gasteiger partial charge >= 0.3 is 5.97 Å². The molecule has 12 heteroatoms. The molecule has 2 fully saturated rings. The van der Waals surface area contributed by atoms with Gasteiger partial charge in [-0.05, 0) is 19.3 Å². The Labute approximate surface area is 173 Å². The lowest BCUT2D eigenvalue weighted by Gasteiger charge is -2.23. The van der Waals surface area contributed by atoms with Crippen molar-refractivity contribution >= 4 is 35.5 Å². The summed E-state index contributed by atoms with van der Waals surface area (Å²) >= 11 is 0. The summed E-state index contributed by atoms with van der Waals surface area (Å²) in [6.45, 7) is 1.29. The largest absolute Gasteiger partial charge is 0.467 e. The number of methoxy groups -OCH3 is 1. The predicted octanol–water partition coefficient (Wildman–Crippen LogP) is -2.83. The van der Waals surface area contributed by atoms with E-state index in [1.807, 2.05) is 0 Å². The summed E-state index contributed by atoms with van der Waals surface area (Å²) in [7, 11) is 1.26. The number of nitrogens with zero attached hydrogens (tertiary/aromatic N) is 1. The number of amides is 5. The second-order valence-electron chi connectivity index (χ2n) is 7.14. The maximum atomic E-state index is 12.5. The molecule has 3 atom stereocenters. The Morgan fingerprint density at radius 3 is 2.60 bits per heavy atom. The molecule has 166 valence electrons. The molecule has 2 saturated heterocycles. The van der Waals surface area contributed by atoms with Crippen molar-refractivity contribution in [3.05, 3.63) is 0 Å². The number of hydrogen-bond acceptors (Lipinski definition) is 7. The molecule has 2 aliphatic heterocycles. The Hall–Kier alpha value is -3.18. The van der Waals surface area contributed by atoms with E-state index in [4.69, 9.17) is 4.74 Å². The van der Waals surface area contributed by atoms with E-state index < -0.39 is 41.8 Å². The quantitative estimate of drug-likeness (QED) is 0.319. The molecule has 0 aromatic heterocycles. The summed E-state index contributed by atoms with van der Waals surface area (Å²) in [5.41, 5.74) is 0. The summed E-state index contributed by atoms with van der Waals surface area (Å²) in [5, 5.41) is 9.82. The van der Waals surface area contributed by atoms with Crippen molar-refractivity contribution in [3.63, 3.8) is 0 Å². The van der Waals surface area contributed by atoms with Gasteiger partial charge in [-0.1, -0.05) is 0 Å². The standard InChI is InChI=1S/C18H27N5O7/c1-10(24)19-9-14(25)21-12-8-20-16(27)11(22-17(12)28)5-6-15(26)23-7-3-4-13(23)18(29)30-2/h11-13H,3-9H2,1-2H3,(H,19,24)(H,20,27)(H,21,25)(H,22,28)/t11-,12-,13-/m0/s1. The maximum Gasteiger partial charge on any atom is 0.328 e. The van der Waals surface area contributed by atoms with E-state index in [1.165, 1.54) is 18.9 Å². The molecule has 0 radical (unpaired) electrons. The number of likely N-dealkylation sites (tertiary alicyclic amines) is 1. The van der Waals surface area contributed by atoms with Crippen LogP contribution < -0.4 is 21.3 Å². The summed E-state index contributed by atoms with van der Waals surface area (Å²) in [5.74, 6) is -2.78. The summed E-state index contributed by atoms with van der Waals surface area (Å²) in [4.78, 5) is 73.0. The van der Waals surface area contributed by atoms with Gasteiger partial charge in [0.2, 0.25) is 29.5 Å². The molecule has 0 aromatic carbocycles. The Kier molecular flexibility index (Phi) is 8.13. The molecule has 30 heavy (non-hydrogen) atoms. The van der Waals surface area contributed by atoms with Gasteiger partial charge in [-0.15, -0.1) is 0 Å². The van der Waals surface area contributed by atoms with Gasteiger partial charge in [0.05, 0.1) is 13.7 Å². The van der Waals surface area contributed by atoms with Crippen LogP contribution in [0, 0.1) is 0 Å². The fraction of sp³-hybridized carbons (Fsp3) is 0.667. The van der Waals surface area contributed by atoms with Crippen LogP contribution in [0.15, 0.2) is 0 Å². The maximum absolute atomic E-state index is 12.5. The smallest absolute Gasteiger partial charge is 0.328 e. The Morgan fingerprint density at radius 1 is 1.20 bits per heavy atom. The van der Waals surface area contributed by atoms with Crippen molar-refractivity contribution in [1.82, 2.24) is 26.2 Å². The van der Waals surface area contributed by atoms with Crippen molar-refractivity contribution in [3.8, 4) is 0 Å². The first kappa shape index (κ1) is 23.1. The van der Waals surface area contributed by atoms with E-state index in [0.717, 1.165) is 0 Å². The molecule has 0 unspecified atom stereocenters. The molecular formula is C18H27N5O7. The summed E-state index contributed by atoms with van der Waals surface area (Å²) in [6, 6.07) is -2.57. The minimum absolute atomic E-state index is 0.0363. The lowest BCUT2D eigenvalue weighted by Crippen LogP contribution is -2.52. The van der Waals surface area contributed by atoms with Gasteiger partial charge in [-0.3, -0.25) is 24.0 Å². The number of carbonyl (C=O) groups is 6. The van der Waals surface area contributed by atoms with E-state index in [9.17, 15) is 28.8 Å². The summed E-state index contributed by atoms with van der Waals surface area (Å²) in [6.07, 6.45) is 1.23. The van der Waals surface area contributed by atoms with Crippen LogP contribution in [0.2, 0.25) is 0 Å². The second-order valence-corrected chi connectivity index (χ2v) is 7.14. The molecule has 2 rings (SSSR count). The van der Waals surface area contributed by atoms with Crippen LogP contribution in [0.5, 0.6) is 0 Å². The van der Waals surface area contributed by atoms with Crippen molar-refractivity contribution in [2.24, 2.45) is 0 Å². The average molecular weight is 425 g/mol. The Bertz CT molecular complexity index is 726. The van der Waals surface area contributed by atoms with Gasteiger partial charge in [0.25, 0.3) is 0 Å². The topological polar surface area (TPSA) is 163 Å². The zero-order valence-corrected chi connectivity index (χ0v) is 17.0. The van der Waals surface area contributed by atoms with Crippen LogP contribution in [0.1, 0.15) is 32.6 Å². The molecule has 2 heterocycles. The number of ether oxygens (including phenoxy) is 1. The monoisotopic (exact) mass is 425 g/mol. The molecule has 12 nitrogen and oxygen atoms in total. The van der Waals surface area contributed by atoms with Crippen LogP contribution >= 0.6 is 0 Å². The number of esters is 1. The molecule has 0 spiro atoms.